The Kier molecular flexibility index (Phi) is 5.19. The van der Waals surface area contributed by atoms with Gasteiger partial charge in [0, 0.05) is 0 Å². The van der Waals surface area contributed by atoms with Crippen LogP contribution in [0.3, 0.4) is 0 Å². The van der Waals surface area contributed by atoms with Crippen molar-refractivity contribution in [1.29, 1.82) is 0 Å². The van der Waals surface area contributed by atoms with Gasteiger partial charge in [0.15, 0.2) is 11.5 Å². The van der Waals surface area contributed by atoms with E-state index in [-0.39, 0.29) is 17.1 Å². The van der Waals surface area contributed by atoms with Gasteiger partial charge >= 0.3 is 11.9 Å². The highest BCUT2D eigenvalue weighted by Crippen LogP contribution is 2.40. The predicted molar refractivity (Wildman–Crippen MR) is 68.7 cm³/mol. The fourth-order valence-electron chi connectivity index (χ4n) is 1.82. The smallest absolute Gasteiger partial charge is 0.311 e. The van der Waals surface area contributed by atoms with E-state index in [4.69, 9.17) is 24.4 Å². The van der Waals surface area contributed by atoms with E-state index in [9.17, 15) is 9.59 Å². The Bertz CT molecular complexity index is 484. The molecule has 20 heavy (non-hydrogen) atoms. The van der Waals surface area contributed by atoms with Crippen LogP contribution in [0.4, 0.5) is 0 Å². The van der Waals surface area contributed by atoms with Crippen LogP contribution < -0.4 is 14.2 Å². The molecule has 1 aromatic carbocycles. The zero-order valence-electron chi connectivity index (χ0n) is 11.4. The summed E-state index contributed by atoms with van der Waals surface area (Å²) in [7, 11) is 4.22. The lowest BCUT2D eigenvalue weighted by Gasteiger charge is -2.17. The van der Waals surface area contributed by atoms with Gasteiger partial charge in [-0.3, -0.25) is 9.59 Å². The molecule has 0 aliphatic heterocycles. The van der Waals surface area contributed by atoms with Crippen molar-refractivity contribution < 1.29 is 34.0 Å². The maximum Gasteiger partial charge on any atom is 0.311 e. The van der Waals surface area contributed by atoms with Crippen LogP contribution in [0.5, 0.6) is 17.2 Å². The summed E-state index contributed by atoms with van der Waals surface area (Å²) in [5.41, 5.74) is 0.273. The number of methoxy groups -OCH3 is 3. The molecule has 1 rings (SSSR count). The van der Waals surface area contributed by atoms with E-state index in [1.54, 1.807) is 0 Å². The molecule has 0 aliphatic rings. The van der Waals surface area contributed by atoms with Crippen molar-refractivity contribution >= 4 is 11.9 Å². The van der Waals surface area contributed by atoms with Gasteiger partial charge in [-0.1, -0.05) is 0 Å². The van der Waals surface area contributed by atoms with Crippen molar-refractivity contribution in [3.05, 3.63) is 17.7 Å². The Hall–Kier alpha value is -2.44. The molecule has 0 unspecified atom stereocenters. The van der Waals surface area contributed by atoms with Gasteiger partial charge in [0.05, 0.1) is 33.7 Å². The van der Waals surface area contributed by atoms with Gasteiger partial charge < -0.3 is 24.4 Å². The SMILES string of the molecule is COc1cc([C@H](CC(=O)O)C(=O)O)cc(OC)c1OC. The summed E-state index contributed by atoms with van der Waals surface area (Å²) in [4.78, 5) is 22.0. The molecule has 2 N–H and O–H groups in total. The third kappa shape index (κ3) is 3.31. The molecule has 1 atom stereocenters. The minimum Gasteiger partial charge on any atom is -0.493 e. The summed E-state index contributed by atoms with van der Waals surface area (Å²) < 4.78 is 15.3. The molecule has 1 aromatic rings. The number of carbonyl (C=O) groups is 2. The van der Waals surface area contributed by atoms with Crippen LogP contribution in [0.15, 0.2) is 12.1 Å². The van der Waals surface area contributed by atoms with Crippen LogP contribution in [0.2, 0.25) is 0 Å². The molecule has 0 heterocycles. The molecule has 0 spiro atoms. The number of aliphatic carboxylic acids is 2. The average Bonchev–Trinajstić information content (AvgIpc) is 2.42. The molecule has 110 valence electrons. The van der Waals surface area contributed by atoms with Gasteiger partial charge in [-0.05, 0) is 17.7 Å². The highest BCUT2D eigenvalue weighted by molar-refractivity contribution is 5.83. The molecule has 0 fully saturated rings. The fraction of sp³-hybridized carbons (Fsp3) is 0.385. The van der Waals surface area contributed by atoms with Gasteiger partial charge in [-0.15, -0.1) is 0 Å². The van der Waals surface area contributed by atoms with Crippen molar-refractivity contribution in [2.24, 2.45) is 0 Å². The lowest BCUT2D eigenvalue weighted by molar-refractivity contribution is -0.145. The highest BCUT2D eigenvalue weighted by Gasteiger charge is 2.26. The van der Waals surface area contributed by atoms with Gasteiger partial charge in [-0.25, -0.2) is 0 Å². The summed E-state index contributed by atoms with van der Waals surface area (Å²) in [6, 6.07) is 2.87. The molecule has 0 aliphatic carbocycles. The van der Waals surface area contributed by atoms with Crippen LogP contribution in [0, 0.1) is 0 Å². The largest absolute Gasteiger partial charge is 0.493 e. The van der Waals surface area contributed by atoms with E-state index in [2.05, 4.69) is 0 Å². The maximum absolute atomic E-state index is 11.2. The molecule has 0 amide bonds. The van der Waals surface area contributed by atoms with E-state index < -0.39 is 24.3 Å². The zero-order valence-corrected chi connectivity index (χ0v) is 11.4. The molecule has 0 bridgehead atoms. The van der Waals surface area contributed by atoms with E-state index in [0.29, 0.717) is 5.75 Å². The quantitative estimate of drug-likeness (QED) is 0.779. The normalized spacial score (nSPS) is 11.6. The van der Waals surface area contributed by atoms with Gasteiger partial charge in [0.1, 0.15) is 0 Å². The third-order valence-corrected chi connectivity index (χ3v) is 2.77. The minimum atomic E-state index is -1.23. The van der Waals surface area contributed by atoms with Crippen LogP contribution in [0.25, 0.3) is 0 Å². The maximum atomic E-state index is 11.2. The molecule has 0 aromatic heterocycles. The average molecular weight is 284 g/mol. The van der Waals surface area contributed by atoms with Crippen molar-refractivity contribution in [2.75, 3.05) is 21.3 Å². The zero-order chi connectivity index (χ0) is 15.3. The standard InChI is InChI=1S/C13H16O7/c1-18-9-4-7(5-10(19-2)12(9)20-3)8(13(16)17)6-11(14)15/h4-5,8H,6H2,1-3H3,(H,14,15)(H,16,17)/t8-/m0/s1. The summed E-state index contributed by atoms with van der Waals surface area (Å²) in [6.07, 6.45) is -0.534. The summed E-state index contributed by atoms with van der Waals surface area (Å²) in [5.74, 6) is -2.76. The predicted octanol–water partition coefficient (Wildman–Crippen LogP) is 1.36. The summed E-state index contributed by atoms with van der Waals surface area (Å²) >= 11 is 0. The fourth-order valence-corrected chi connectivity index (χ4v) is 1.82. The second-order valence-corrected chi connectivity index (χ2v) is 3.95. The Morgan fingerprint density at radius 3 is 1.85 bits per heavy atom. The molecular formula is C13H16O7. The number of rotatable bonds is 7. The molecule has 0 saturated heterocycles. The Labute approximate surface area is 115 Å². The lowest BCUT2D eigenvalue weighted by atomic mass is 9.95. The second kappa shape index (κ2) is 6.65. The Balaban J connectivity index is 3.35. The van der Waals surface area contributed by atoms with Crippen LogP contribution in [-0.4, -0.2) is 43.5 Å². The molecule has 7 heteroatoms. The first-order valence-electron chi connectivity index (χ1n) is 5.69. The number of benzene rings is 1. The van der Waals surface area contributed by atoms with E-state index in [1.165, 1.54) is 33.5 Å². The van der Waals surface area contributed by atoms with Crippen LogP contribution >= 0.6 is 0 Å². The van der Waals surface area contributed by atoms with Gasteiger partial charge in [0.2, 0.25) is 5.75 Å². The first kappa shape index (κ1) is 15.6. The first-order chi connectivity index (χ1) is 9.44. The van der Waals surface area contributed by atoms with E-state index >= 15 is 0 Å². The number of hydrogen-bond acceptors (Lipinski definition) is 5. The molecular weight excluding hydrogens is 268 g/mol. The van der Waals surface area contributed by atoms with Crippen molar-refractivity contribution in [3.8, 4) is 17.2 Å². The lowest BCUT2D eigenvalue weighted by Crippen LogP contribution is -2.16. The highest BCUT2D eigenvalue weighted by atomic mass is 16.5. The topological polar surface area (TPSA) is 102 Å². The summed E-state index contributed by atoms with van der Waals surface area (Å²) in [5, 5.41) is 18.0. The molecule has 0 saturated carbocycles. The van der Waals surface area contributed by atoms with Gasteiger partial charge in [-0.2, -0.15) is 0 Å². The number of ether oxygens (including phenoxy) is 3. The first-order valence-corrected chi connectivity index (χ1v) is 5.69. The molecule has 7 nitrogen and oxygen atoms in total. The second-order valence-electron chi connectivity index (χ2n) is 3.95. The minimum absolute atomic E-state index is 0.273. The van der Waals surface area contributed by atoms with Crippen molar-refractivity contribution in [3.63, 3.8) is 0 Å². The van der Waals surface area contributed by atoms with Crippen molar-refractivity contribution in [2.45, 2.75) is 12.3 Å². The molecule has 0 radical (unpaired) electrons. The van der Waals surface area contributed by atoms with Gasteiger partial charge in [0.25, 0.3) is 0 Å². The number of carboxylic acid groups (broad SMARTS) is 2. The Morgan fingerprint density at radius 1 is 1.05 bits per heavy atom. The number of hydrogen-bond donors (Lipinski definition) is 2. The monoisotopic (exact) mass is 284 g/mol. The van der Waals surface area contributed by atoms with E-state index in [1.807, 2.05) is 0 Å². The van der Waals surface area contributed by atoms with Crippen LogP contribution in [-0.2, 0) is 9.59 Å². The van der Waals surface area contributed by atoms with Crippen LogP contribution in [0.1, 0.15) is 17.9 Å². The van der Waals surface area contributed by atoms with Crippen molar-refractivity contribution in [1.82, 2.24) is 0 Å². The van der Waals surface area contributed by atoms with E-state index in [0.717, 1.165) is 0 Å². The third-order valence-electron chi connectivity index (χ3n) is 2.77. The number of carboxylic acids is 2. The summed E-state index contributed by atoms with van der Waals surface area (Å²) in [6.45, 7) is 0. The Morgan fingerprint density at radius 2 is 1.55 bits per heavy atom.